The van der Waals surface area contributed by atoms with Crippen LogP contribution in [0.4, 0.5) is 4.39 Å². The highest BCUT2D eigenvalue weighted by Crippen LogP contribution is 2.39. The summed E-state index contributed by atoms with van der Waals surface area (Å²) >= 11 is 0. The van der Waals surface area contributed by atoms with Gasteiger partial charge < -0.3 is 0 Å². The van der Waals surface area contributed by atoms with Crippen molar-refractivity contribution in [2.45, 2.75) is 31.4 Å². The Morgan fingerprint density at radius 3 is 2.27 bits per heavy atom. The topological polar surface area (TPSA) is 29.4 Å². The first-order valence-electron chi connectivity index (χ1n) is 7.62. The molecular formula is C19H18FNO. The Morgan fingerprint density at radius 2 is 1.59 bits per heavy atom. The van der Waals surface area contributed by atoms with E-state index in [1.54, 1.807) is 36.4 Å². The van der Waals surface area contributed by atoms with Crippen LogP contribution in [-0.2, 0) is 5.67 Å². The molecule has 0 saturated heterocycles. The van der Waals surface area contributed by atoms with Gasteiger partial charge >= 0.3 is 0 Å². The first-order valence-corrected chi connectivity index (χ1v) is 7.62. The van der Waals surface area contributed by atoms with E-state index in [1.165, 1.54) is 0 Å². The maximum Gasteiger partial charge on any atom is 0.277 e. The van der Waals surface area contributed by atoms with E-state index < -0.39 is 5.67 Å². The van der Waals surface area contributed by atoms with Crippen LogP contribution >= 0.6 is 0 Å². The van der Waals surface area contributed by atoms with Crippen LogP contribution in [0.15, 0.2) is 65.7 Å². The molecule has 112 valence electrons. The summed E-state index contributed by atoms with van der Waals surface area (Å²) in [5, 5.41) is 0. The maximum atomic E-state index is 15.6. The molecule has 2 nitrogen and oxygen atoms in total. The lowest BCUT2D eigenvalue weighted by molar-refractivity contribution is 0.0998. The second-order valence-corrected chi connectivity index (χ2v) is 5.60. The largest absolute Gasteiger partial charge is 0.277 e. The van der Waals surface area contributed by atoms with Gasteiger partial charge in [-0.1, -0.05) is 48.5 Å². The number of hydrogen-bond acceptors (Lipinski definition) is 1. The molecule has 3 rings (SSSR count). The Morgan fingerprint density at radius 1 is 0.955 bits per heavy atom. The number of alkyl halides is 1. The fourth-order valence-corrected chi connectivity index (χ4v) is 2.93. The predicted octanol–water partition coefficient (Wildman–Crippen LogP) is 4.71. The normalized spacial score (nSPS) is 23.4. The molecule has 0 N–H and O–H groups in total. The molecule has 0 radical (unpaired) electrons. The van der Waals surface area contributed by atoms with E-state index in [2.05, 4.69) is 4.99 Å². The van der Waals surface area contributed by atoms with Crippen molar-refractivity contribution in [1.29, 1.82) is 0 Å². The molecule has 1 atom stereocenters. The van der Waals surface area contributed by atoms with Crippen LogP contribution in [0.2, 0.25) is 0 Å². The molecule has 1 fully saturated rings. The van der Waals surface area contributed by atoms with Gasteiger partial charge in [-0.3, -0.25) is 4.79 Å². The van der Waals surface area contributed by atoms with E-state index in [1.807, 2.05) is 24.3 Å². The van der Waals surface area contributed by atoms with Gasteiger partial charge in [-0.25, -0.2) is 9.38 Å². The number of aliphatic imine (C=N–C) groups is 1. The number of carbonyl (C=O) groups is 1. The first kappa shape index (κ1) is 14.6. The third-order valence-corrected chi connectivity index (χ3v) is 4.13. The molecule has 0 aliphatic heterocycles. The Balaban J connectivity index is 1.96. The van der Waals surface area contributed by atoms with Crippen LogP contribution in [0.25, 0.3) is 0 Å². The fourth-order valence-electron chi connectivity index (χ4n) is 2.93. The van der Waals surface area contributed by atoms with Gasteiger partial charge in [0.2, 0.25) is 0 Å². The van der Waals surface area contributed by atoms with Gasteiger partial charge in [0.25, 0.3) is 5.91 Å². The molecule has 1 amide bonds. The van der Waals surface area contributed by atoms with Gasteiger partial charge in [-0.15, -0.1) is 0 Å². The molecule has 0 aromatic heterocycles. The molecular weight excluding hydrogens is 277 g/mol. The van der Waals surface area contributed by atoms with Gasteiger partial charge in [-0.05, 0) is 43.4 Å². The summed E-state index contributed by atoms with van der Waals surface area (Å²) in [4.78, 5) is 16.4. The SMILES string of the molecule is O=C(N=C1CCCC[C@]1(F)c1ccccc1)c1ccccc1. The van der Waals surface area contributed by atoms with E-state index in [4.69, 9.17) is 0 Å². The average molecular weight is 295 g/mol. The number of rotatable bonds is 2. The van der Waals surface area contributed by atoms with Crippen molar-refractivity contribution in [2.24, 2.45) is 4.99 Å². The molecule has 0 heterocycles. The standard InChI is InChI=1S/C19H18FNO/c20-19(16-11-5-2-6-12-16)14-8-7-13-17(19)21-18(22)15-9-3-1-4-10-15/h1-6,9-12H,7-8,13-14H2/t19-/m0/s1. The van der Waals surface area contributed by atoms with Crippen molar-refractivity contribution in [3.63, 3.8) is 0 Å². The number of halogens is 1. The van der Waals surface area contributed by atoms with E-state index in [-0.39, 0.29) is 5.91 Å². The highest BCUT2D eigenvalue weighted by atomic mass is 19.1. The summed E-state index contributed by atoms with van der Waals surface area (Å²) in [5.41, 5.74) is -0.173. The summed E-state index contributed by atoms with van der Waals surface area (Å²) in [5.74, 6) is -0.365. The number of amides is 1. The third kappa shape index (κ3) is 2.84. The van der Waals surface area contributed by atoms with Crippen LogP contribution in [0.5, 0.6) is 0 Å². The predicted molar refractivity (Wildman–Crippen MR) is 85.9 cm³/mol. The second-order valence-electron chi connectivity index (χ2n) is 5.60. The van der Waals surface area contributed by atoms with Crippen molar-refractivity contribution < 1.29 is 9.18 Å². The monoisotopic (exact) mass is 295 g/mol. The van der Waals surface area contributed by atoms with Gasteiger partial charge in [0.1, 0.15) is 0 Å². The molecule has 0 unspecified atom stereocenters. The summed E-state index contributed by atoms with van der Waals surface area (Å²) < 4.78 is 15.6. The quantitative estimate of drug-likeness (QED) is 0.789. The zero-order chi connectivity index (χ0) is 15.4. The van der Waals surface area contributed by atoms with Gasteiger partial charge in [-0.2, -0.15) is 0 Å². The van der Waals surface area contributed by atoms with Crippen molar-refractivity contribution in [1.82, 2.24) is 0 Å². The van der Waals surface area contributed by atoms with Crippen LogP contribution in [-0.4, -0.2) is 11.6 Å². The van der Waals surface area contributed by atoms with Crippen LogP contribution < -0.4 is 0 Å². The maximum absolute atomic E-state index is 15.6. The Kier molecular flexibility index (Phi) is 4.14. The lowest BCUT2D eigenvalue weighted by Crippen LogP contribution is -2.35. The number of nitrogens with zero attached hydrogens (tertiary/aromatic N) is 1. The van der Waals surface area contributed by atoms with Crippen molar-refractivity contribution >= 4 is 11.6 Å². The van der Waals surface area contributed by atoms with E-state index in [0.717, 1.165) is 12.8 Å². The lowest BCUT2D eigenvalue weighted by Gasteiger charge is -2.31. The first-order chi connectivity index (χ1) is 10.7. The molecule has 22 heavy (non-hydrogen) atoms. The molecule has 2 aromatic rings. The summed E-state index contributed by atoms with van der Waals surface area (Å²) in [6.45, 7) is 0. The minimum atomic E-state index is -1.62. The van der Waals surface area contributed by atoms with Crippen molar-refractivity contribution in [2.75, 3.05) is 0 Å². The Hall–Kier alpha value is -2.29. The second kappa shape index (κ2) is 6.22. The van der Waals surface area contributed by atoms with E-state index in [0.29, 0.717) is 29.7 Å². The van der Waals surface area contributed by atoms with Crippen LogP contribution in [0, 0.1) is 0 Å². The van der Waals surface area contributed by atoms with E-state index >= 15 is 4.39 Å². The summed E-state index contributed by atoms with van der Waals surface area (Å²) in [6.07, 6.45) is 2.60. The number of carbonyl (C=O) groups excluding carboxylic acids is 1. The zero-order valence-corrected chi connectivity index (χ0v) is 12.3. The van der Waals surface area contributed by atoms with Crippen LogP contribution in [0.3, 0.4) is 0 Å². The van der Waals surface area contributed by atoms with Crippen molar-refractivity contribution in [3.8, 4) is 0 Å². The average Bonchev–Trinajstić information content (AvgIpc) is 2.58. The van der Waals surface area contributed by atoms with Crippen molar-refractivity contribution in [3.05, 3.63) is 71.8 Å². The van der Waals surface area contributed by atoms with E-state index in [9.17, 15) is 4.79 Å². The molecule has 2 aromatic carbocycles. The molecule has 1 saturated carbocycles. The Labute approximate surface area is 129 Å². The Bertz CT molecular complexity index is 681. The minimum Gasteiger partial charge on any atom is -0.267 e. The summed E-state index contributed by atoms with van der Waals surface area (Å²) in [7, 11) is 0. The van der Waals surface area contributed by atoms with Gasteiger partial charge in [0.05, 0.1) is 5.71 Å². The zero-order valence-electron chi connectivity index (χ0n) is 12.3. The highest BCUT2D eigenvalue weighted by Gasteiger charge is 2.40. The lowest BCUT2D eigenvalue weighted by atomic mass is 9.79. The molecule has 1 aliphatic rings. The third-order valence-electron chi connectivity index (χ3n) is 4.13. The molecule has 3 heteroatoms. The molecule has 0 spiro atoms. The molecule has 1 aliphatic carbocycles. The minimum absolute atomic E-state index is 0.360. The fraction of sp³-hybridized carbons (Fsp3) is 0.263. The highest BCUT2D eigenvalue weighted by molar-refractivity contribution is 6.07. The van der Waals surface area contributed by atoms with Crippen LogP contribution in [0.1, 0.15) is 41.6 Å². The molecule has 0 bridgehead atoms. The number of benzene rings is 2. The number of hydrogen-bond donors (Lipinski definition) is 0. The smallest absolute Gasteiger partial charge is 0.267 e. The van der Waals surface area contributed by atoms with Gasteiger partial charge in [0.15, 0.2) is 5.67 Å². The van der Waals surface area contributed by atoms with Gasteiger partial charge in [0, 0.05) is 5.56 Å². The summed E-state index contributed by atoms with van der Waals surface area (Å²) in [6, 6.07) is 17.9.